The molecule has 2 heteroatoms. The van der Waals surface area contributed by atoms with Crippen molar-refractivity contribution in [2.24, 2.45) is 0 Å². The Balaban J connectivity index is 2.70. The first-order valence-corrected chi connectivity index (χ1v) is 3.42. The molecule has 0 spiro atoms. The fraction of sp³-hybridized carbons (Fsp3) is 0.222. The van der Waals surface area contributed by atoms with Crippen molar-refractivity contribution in [2.75, 3.05) is 0 Å². The summed E-state index contributed by atoms with van der Waals surface area (Å²) >= 11 is 0. The van der Waals surface area contributed by atoms with Gasteiger partial charge in [0.1, 0.15) is 5.76 Å². The van der Waals surface area contributed by atoms with Gasteiger partial charge in [0.15, 0.2) is 0 Å². The van der Waals surface area contributed by atoms with Crippen LogP contribution in [0, 0.1) is 11.5 Å². The van der Waals surface area contributed by atoms with Crippen LogP contribution in [-0.4, -0.2) is 0 Å². The monoisotopic (exact) mass is 147 g/mol. The first kappa shape index (κ1) is 7.62. The SMILES string of the molecule is CC1=CC=CC=C(OC#N)C1. The minimum Gasteiger partial charge on any atom is -0.392 e. The van der Waals surface area contributed by atoms with E-state index in [0.717, 1.165) is 6.42 Å². The van der Waals surface area contributed by atoms with Crippen LogP contribution < -0.4 is 0 Å². The second-order valence-electron chi connectivity index (χ2n) is 2.40. The van der Waals surface area contributed by atoms with Gasteiger partial charge < -0.3 is 4.74 Å². The highest BCUT2D eigenvalue weighted by Gasteiger charge is 2.00. The molecule has 0 unspecified atom stereocenters. The molecule has 11 heavy (non-hydrogen) atoms. The van der Waals surface area contributed by atoms with Crippen LogP contribution in [0.3, 0.4) is 0 Å². The molecule has 0 aliphatic heterocycles. The molecule has 0 amide bonds. The Bertz CT molecular complexity index is 266. The highest BCUT2D eigenvalue weighted by Crippen LogP contribution is 2.14. The van der Waals surface area contributed by atoms with Crippen LogP contribution in [0.25, 0.3) is 0 Å². The molecule has 1 aliphatic carbocycles. The van der Waals surface area contributed by atoms with Crippen LogP contribution in [0.1, 0.15) is 13.3 Å². The summed E-state index contributed by atoms with van der Waals surface area (Å²) in [6, 6.07) is 0. The molecule has 0 radical (unpaired) electrons. The summed E-state index contributed by atoms with van der Waals surface area (Å²) in [7, 11) is 0. The number of rotatable bonds is 1. The van der Waals surface area contributed by atoms with Gasteiger partial charge in [0.25, 0.3) is 6.26 Å². The molecule has 2 nitrogen and oxygen atoms in total. The average molecular weight is 147 g/mol. The summed E-state index contributed by atoms with van der Waals surface area (Å²) in [5, 5.41) is 8.24. The highest BCUT2D eigenvalue weighted by atomic mass is 16.5. The van der Waals surface area contributed by atoms with E-state index < -0.39 is 0 Å². The molecule has 0 aromatic heterocycles. The van der Waals surface area contributed by atoms with Crippen LogP contribution >= 0.6 is 0 Å². The highest BCUT2D eigenvalue weighted by molar-refractivity contribution is 5.25. The Morgan fingerprint density at radius 2 is 2.18 bits per heavy atom. The molecule has 1 aliphatic rings. The van der Waals surface area contributed by atoms with Gasteiger partial charge >= 0.3 is 0 Å². The maximum atomic E-state index is 8.24. The van der Waals surface area contributed by atoms with Gasteiger partial charge in [-0.15, -0.1) is 5.26 Å². The number of hydrogen-bond donors (Lipinski definition) is 0. The van der Waals surface area contributed by atoms with Gasteiger partial charge in [0.05, 0.1) is 0 Å². The summed E-state index contributed by atoms with van der Waals surface area (Å²) in [6.07, 6.45) is 9.98. The summed E-state index contributed by atoms with van der Waals surface area (Å²) in [5.74, 6) is 0.704. The second-order valence-corrected chi connectivity index (χ2v) is 2.40. The van der Waals surface area contributed by atoms with Crippen molar-refractivity contribution < 1.29 is 4.74 Å². The summed E-state index contributed by atoms with van der Waals surface area (Å²) in [6.45, 7) is 2.00. The van der Waals surface area contributed by atoms with E-state index in [1.165, 1.54) is 5.57 Å². The van der Waals surface area contributed by atoms with Crippen LogP contribution in [-0.2, 0) is 4.74 Å². The lowest BCUT2D eigenvalue weighted by Gasteiger charge is -1.99. The van der Waals surface area contributed by atoms with Gasteiger partial charge in [-0.2, -0.15) is 0 Å². The fourth-order valence-corrected chi connectivity index (χ4v) is 0.904. The molecular weight excluding hydrogens is 138 g/mol. The van der Waals surface area contributed by atoms with Gasteiger partial charge in [-0.25, -0.2) is 0 Å². The molecule has 0 atom stereocenters. The van der Waals surface area contributed by atoms with E-state index in [4.69, 9.17) is 10.00 Å². The second kappa shape index (κ2) is 3.62. The quantitative estimate of drug-likeness (QED) is 0.533. The Kier molecular flexibility index (Phi) is 2.51. The van der Waals surface area contributed by atoms with Crippen molar-refractivity contribution in [3.05, 3.63) is 35.6 Å². The summed E-state index contributed by atoms with van der Waals surface area (Å²) in [4.78, 5) is 0. The summed E-state index contributed by atoms with van der Waals surface area (Å²) < 4.78 is 4.71. The van der Waals surface area contributed by atoms with Crippen molar-refractivity contribution in [1.29, 1.82) is 5.26 Å². The molecule has 0 N–H and O–H groups in total. The van der Waals surface area contributed by atoms with Crippen LogP contribution in [0.4, 0.5) is 0 Å². The number of nitrogens with zero attached hydrogens (tertiary/aromatic N) is 1. The van der Waals surface area contributed by atoms with E-state index in [0.29, 0.717) is 5.76 Å². The first-order valence-electron chi connectivity index (χ1n) is 3.42. The van der Waals surface area contributed by atoms with Crippen molar-refractivity contribution in [2.45, 2.75) is 13.3 Å². The lowest BCUT2D eigenvalue weighted by Crippen LogP contribution is -1.85. The average Bonchev–Trinajstić information content (AvgIpc) is 2.15. The third-order valence-electron chi connectivity index (χ3n) is 1.40. The molecule has 0 bridgehead atoms. The first-order chi connectivity index (χ1) is 5.33. The van der Waals surface area contributed by atoms with Crippen LogP contribution in [0.15, 0.2) is 35.6 Å². The third-order valence-corrected chi connectivity index (χ3v) is 1.40. The number of nitriles is 1. The van der Waals surface area contributed by atoms with Gasteiger partial charge in [0.2, 0.25) is 0 Å². The van der Waals surface area contributed by atoms with Crippen LogP contribution in [0.2, 0.25) is 0 Å². The molecule has 0 fully saturated rings. The predicted octanol–water partition coefficient (Wildman–Crippen LogP) is 2.27. The van der Waals surface area contributed by atoms with Gasteiger partial charge in [0, 0.05) is 6.42 Å². The molecular formula is C9H9NO. The standard InChI is InChI=1S/C9H9NO/c1-8-4-2-3-5-9(6-8)11-7-10/h2-5H,6H2,1H3. The zero-order chi connectivity index (χ0) is 8.10. The molecule has 0 saturated carbocycles. The van der Waals surface area contributed by atoms with Gasteiger partial charge in [-0.05, 0) is 13.0 Å². The van der Waals surface area contributed by atoms with Crippen LogP contribution in [0.5, 0.6) is 0 Å². The fourth-order valence-electron chi connectivity index (χ4n) is 0.904. The van der Waals surface area contributed by atoms with Gasteiger partial charge in [-0.3, -0.25) is 0 Å². The van der Waals surface area contributed by atoms with E-state index in [1.807, 2.05) is 25.2 Å². The maximum absolute atomic E-state index is 8.24. The third kappa shape index (κ3) is 2.30. The van der Waals surface area contributed by atoms with E-state index in [-0.39, 0.29) is 0 Å². The van der Waals surface area contributed by atoms with E-state index in [2.05, 4.69) is 0 Å². The molecule has 0 saturated heterocycles. The lowest BCUT2D eigenvalue weighted by molar-refractivity contribution is 0.364. The zero-order valence-electron chi connectivity index (χ0n) is 6.37. The molecule has 56 valence electrons. The topological polar surface area (TPSA) is 33.0 Å². The number of ether oxygens (including phenoxy) is 1. The summed E-state index contributed by atoms with van der Waals surface area (Å²) in [5.41, 5.74) is 1.19. The molecule has 1 rings (SSSR count). The lowest BCUT2D eigenvalue weighted by atomic mass is 10.2. The van der Waals surface area contributed by atoms with Crippen molar-refractivity contribution in [3.63, 3.8) is 0 Å². The molecule has 0 aromatic rings. The van der Waals surface area contributed by atoms with Gasteiger partial charge in [-0.1, -0.05) is 23.8 Å². The number of hydrogen-bond acceptors (Lipinski definition) is 2. The van der Waals surface area contributed by atoms with E-state index in [9.17, 15) is 0 Å². The Hall–Kier alpha value is -1.49. The maximum Gasteiger partial charge on any atom is 0.291 e. The molecule has 0 heterocycles. The molecule has 0 aromatic carbocycles. The van der Waals surface area contributed by atoms with Crippen molar-refractivity contribution in [1.82, 2.24) is 0 Å². The Morgan fingerprint density at radius 1 is 1.45 bits per heavy atom. The predicted molar refractivity (Wildman–Crippen MR) is 42.3 cm³/mol. The minimum atomic E-state index is 0.704. The van der Waals surface area contributed by atoms with Crippen molar-refractivity contribution >= 4 is 0 Å². The van der Waals surface area contributed by atoms with E-state index >= 15 is 0 Å². The zero-order valence-corrected chi connectivity index (χ0v) is 6.37. The normalized spacial score (nSPS) is 16.0. The van der Waals surface area contributed by atoms with E-state index in [1.54, 1.807) is 12.3 Å². The smallest absolute Gasteiger partial charge is 0.291 e. The Morgan fingerprint density at radius 3 is 2.91 bits per heavy atom. The van der Waals surface area contributed by atoms with Crippen molar-refractivity contribution in [3.8, 4) is 6.26 Å². The minimum absolute atomic E-state index is 0.704. The Labute approximate surface area is 66.1 Å². The largest absolute Gasteiger partial charge is 0.392 e. The number of allylic oxidation sites excluding steroid dienone is 5.